The second-order valence-corrected chi connectivity index (χ2v) is 6.32. The van der Waals surface area contributed by atoms with E-state index < -0.39 is 0 Å². The fraction of sp³-hybridized carbons (Fsp3) is 0.800. The lowest BCUT2D eigenvalue weighted by Crippen LogP contribution is -2.39. The minimum atomic E-state index is -0.327. The summed E-state index contributed by atoms with van der Waals surface area (Å²) in [5.74, 6) is 1.65. The molecule has 2 rings (SSSR count). The number of hydrogen-bond donors (Lipinski definition) is 1. The van der Waals surface area contributed by atoms with Crippen molar-refractivity contribution >= 4 is 6.09 Å². The maximum atomic E-state index is 11.9. The van der Waals surface area contributed by atoms with Gasteiger partial charge >= 0.3 is 6.09 Å². The van der Waals surface area contributed by atoms with Crippen LogP contribution < -0.4 is 5.32 Å². The summed E-state index contributed by atoms with van der Waals surface area (Å²) in [5, 5.41) is 10.8. The molecule has 1 saturated carbocycles. The van der Waals surface area contributed by atoms with Crippen molar-refractivity contribution < 1.29 is 9.53 Å². The highest BCUT2D eigenvalue weighted by atomic mass is 16.6. The van der Waals surface area contributed by atoms with Gasteiger partial charge < -0.3 is 10.1 Å². The maximum Gasteiger partial charge on any atom is 0.407 e. The first-order chi connectivity index (χ1) is 10.1. The Kier molecular flexibility index (Phi) is 5.59. The lowest BCUT2D eigenvalue weighted by Gasteiger charge is -2.36. The lowest BCUT2D eigenvalue weighted by molar-refractivity contribution is 0.00613. The zero-order valence-corrected chi connectivity index (χ0v) is 13.2. The molecule has 1 aromatic heterocycles. The monoisotopic (exact) mass is 294 g/mol. The number of carbonyl (C=O) groups is 1. The molecule has 0 bridgehead atoms. The van der Waals surface area contributed by atoms with E-state index in [4.69, 9.17) is 4.74 Å². The van der Waals surface area contributed by atoms with E-state index in [1.165, 1.54) is 6.42 Å². The number of amides is 1. The van der Waals surface area contributed by atoms with Crippen molar-refractivity contribution in [1.82, 2.24) is 20.3 Å². The van der Waals surface area contributed by atoms with Gasteiger partial charge in [-0.25, -0.2) is 4.79 Å². The highest BCUT2D eigenvalue weighted by Crippen LogP contribution is 2.35. The van der Waals surface area contributed by atoms with Crippen molar-refractivity contribution in [3.63, 3.8) is 0 Å². The number of nitrogens with one attached hydrogen (secondary N) is 1. The molecule has 1 aromatic rings. The Hall–Kier alpha value is -1.59. The van der Waals surface area contributed by atoms with Crippen molar-refractivity contribution in [2.24, 2.45) is 17.8 Å². The van der Waals surface area contributed by atoms with Gasteiger partial charge in [0.2, 0.25) is 0 Å². The van der Waals surface area contributed by atoms with E-state index in [2.05, 4.69) is 36.3 Å². The van der Waals surface area contributed by atoms with Crippen LogP contribution in [0.1, 0.15) is 40.0 Å². The predicted molar refractivity (Wildman–Crippen MR) is 79.6 cm³/mol. The van der Waals surface area contributed by atoms with Crippen LogP contribution in [0.2, 0.25) is 0 Å². The van der Waals surface area contributed by atoms with E-state index in [9.17, 15) is 4.79 Å². The second-order valence-electron chi connectivity index (χ2n) is 6.32. The molecule has 21 heavy (non-hydrogen) atoms. The van der Waals surface area contributed by atoms with E-state index >= 15 is 0 Å². The molecule has 1 aliphatic rings. The molecule has 6 nitrogen and oxygen atoms in total. The van der Waals surface area contributed by atoms with Crippen molar-refractivity contribution in [2.75, 3.05) is 6.54 Å². The molecule has 1 aliphatic carbocycles. The fourth-order valence-corrected chi connectivity index (χ4v) is 3.05. The molecule has 3 unspecified atom stereocenters. The molecule has 6 heteroatoms. The van der Waals surface area contributed by atoms with E-state index in [0.717, 1.165) is 12.8 Å². The summed E-state index contributed by atoms with van der Waals surface area (Å²) < 4.78 is 5.65. The van der Waals surface area contributed by atoms with Crippen LogP contribution >= 0.6 is 0 Å². The van der Waals surface area contributed by atoms with Gasteiger partial charge in [0.15, 0.2) is 0 Å². The predicted octanol–water partition coefficient (Wildman–Crippen LogP) is 2.47. The maximum absolute atomic E-state index is 11.9. The number of aromatic nitrogens is 3. The average Bonchev–Trinajstić information content (AvgIpc) is 2.91. The average molecular weight is 294 g/mol. The summed E-state index contributed by atoms with van der Waals surface area (Å²) >= 11 is 0. The topological polar surface area (TPSA) is 69.0 Å². The van der Waals surface area contributed by atoms with Gasteiger partial charge in [-0.1, -0.05) is 27.2 Å². The zero-order valence-electron chi connectivity index (χ0n) is 13.2. The molecule has 0 spiro atoms. The third kappa shape index (κ3) is 4.72. The summed E-state index contributed by atoms with van der Waals surface area (Å²) in [4.78, 5) is 13.5. The van der Waals surface area contributed by atoms with E-state index in [-0.39, 0.29) is 12.2 Å². The highest BCUT2D eigenvalue weighted by molar-refractivity contribution is 5.67. The molecule has 1 fully saturated rings. The van der Waals surface area contributed by atoms with E-state index in [0.29, 0.717) is 30.8 Å². The van der Waals surface area contributed by atoms with Crippen LogP contribution in [0.4, 0.5) is 4.79 Å². The van der Waals surface area contributed by atoms with Gasteiger partial charge in [0, 0.05) is 6.54 Å². The van der Waals surface area contributed by atoms with Crippen molar-refractivity contribution in [3.05, 3.63) is 12.4 Å². The third-order valence-corrected chi connectivity index (χ3v) is 4.27. The van der Waals surface area contributed by atoms with E-state index in [1.807, 2.05) is 0 Å². The summed E-state index contributed by atoms with van der Waals surface area (Å²) in [6.07, 6.45) is 6.30. The minimum Gasteiger partial charge on any atom is -0.446 e. The first-order valence-corrected chi connectivity index (χ1v) is 7.85. The van der Waals surface area contributed by atoms with Crippen LogP contribution in [0.15, 0.2) is 12.4 Å². The van der Waals surface area contributed by atoms with Gasteiger partial charge in [0.1, 0.15) is 6.10 Å². The van der Waals surface area contributed by atoms with Crippen LogP contribution in [0.5, 0.6) is 0 Å². The van der Waals surface area contributed by atoms with Gasteiger partial charge in [-0.2, -0.15) is 15.0 Å². The molecule has 1 heterocycles. The third-order valence-electron chi connectivity index (χ3n) is 4.27. The quantitative estimate of drug-likeness (QED) is 0.905. The largest absolute Gasteiger partial charge is 0.446 e. The smallest absolute Gasteiger partial charge is 0.407 e. The Balaban J connectivity index is 1.76. The Morgan fingerprint density at radius 1 is 1.38 bits per heavy atom. The van der Waals surface area contributed by atoms with Crippen LogP contribution in [0.25, 0.3) is 0 Å². The molecule has 0 aliphatic heterocycles. The normalized spacial score (nSPS) is 25.8. The summed E-state index contributed by atoms with van der Waals surface area (Å²) in [5.41, 5.74) is 0. The zero-order chi connectivity index (χ0) is 15.2. The van der Waals surface area contributed by atoms with Gasteiger partial charge in [0.05, 0.1) is 18.9 Å². The van der Waals surface area contributed by atoms with E-state index in [1.54, 1.807) is 17.2 Å². The number of nitrogens with zero attached hydrogens (tertiary/aromatic N) is 3. The standard InChI is InChI=1S/C15H26N4O2/c1-11(2)13-5-4-12(3)10-14(13)21-15(20)16-8-9-19-17-6-7-18-19/h6-7,11-14H,4-5,8-10H2,1-3H3,(H,16,20). The molecular weight excluding hydrogens is 268 g/mol. The molecule has 0 saturated heterocycles. The number of ether oxygens (including phenoxy) is 1. The first kappa shape index (κ1) is 15.8. The molecule has 0 radical (unpaired) electrons. The second kappa shape index (κ2) is 7.43. The minimum absolute atomic E-state index is 0.0385. The molecule has 1 N–H and O–H groups in total. The molecular formula is C15H26N4O2. The summed E-state index contributed by atoms with van der Waals surface area (Å²) in [7, 11) is 0. The number of carbonyl (C=O) groups excluding carboxylic acids is 1. The van der Waals surface area contributed by atoms with Crippen LogP contribution in [-0.4, -0.2) is 33.7 Å². The summed E-state index contributed by atoms with van der Waals surface area (Å²) in [6, 6.07) is 0. The SMILES string of the molecule is CC1CCC(C(C)C)C(OC(=O)NCCn2nccn2)C1. The molecule has 0 aromatic carbocycles. The van der Waals surface area contributed by atoms with Gasteiger partial charge in [0.25, 0.3) is 0 Å². The molecule has 1 amide bonds. The lowest BCUT2D eigenvalue weighted by atomic mass is 9.75. The summed E-state index contributed by atoms with van der Waals surface area (Å²) in [6.45, 7) is 7.67. The Bertz CT molecular complexity index is 433. The van der Waals surface area contributed by atoms with Crippen molar-refractivity contribution in [1.29, 1.82) is 0 Å². The molecule has 118 valence electrons. The Morgan fingerprint density at radius 2 is 2.10 bits per heavy atom. The first-order valence-electron chi connectivity index (χ1n) is 7.85. The van der Waals surface area contributed by atoms with Gasteiger partial charge in [-0.3, -0.25) is 0 Å². The van der Waals surface area contributed by atoms with Crippen LogP contribution in [0, 0.1) is 17.8 Å². The van der Waals surface area contributed by atoms with Crippen LogP contribution in [0.3, 0.4) is 0 Å². The Labute approximate surface area is 126 Å². The van der Waals surface area contributed by atoms with Gasteiger partial charge in [-0.05, 0) is 30.6 Å². The highest BCUT2D eigenvalue weighted by Gasteiger charge is 2.33. The van der Waals surface area contributed by atoms with Gasteiger partial charge in [-0.15, -0.1) is 0 Å². The number of hydrogen-bond acceptors (Lipinski definition) is 4. The van der Waals surface area contributed by atoms with Crippen LogP contribution in [-0.2, 0) is 11.3 Å². The molecule has 3 atom stereocenters. The fourth-order valence-electron chi connectivity index (χ4n) is 3.05. The van der Waals surface area contributed by atoms with Crippen molar-refractivity contribution in [3.8, 4) is 0 Å². The Morgan fingerprint density at radius 3 is 2.76 bits per heavy atom. The number of rotatable bonds is 5. The van der Waals surface area contributed by atoms with Crippen molar-refractivity contribution in [2.45, 2.75) is 52.7 Å². The number of alkyl carbamates (subject to hydrolysis) is 1.